The van der Waals surface area contributed by atoms with E-state index in [0.29, 0.717) is 22.7 Å². The molecule has 0 N–H and O–H groups in total. The minimum Gasteiger partial charge on any atom is -0.445 e. The van der Waals surface area contributed by atoms with E-state index in [4.69, 9.17) is 20.8 Å². The van der Waals surface area contributed by atoms with Gasteiger partial charge < -0.3 is 9.15 Å². The Morgan fingerprint density at radius 1 is 1.11 bits per heavy atom. The van der Waals surface area contributed by atoms with Crippen molar-refractivity contribution in [2.75, 3.05) is 0 Å². The van der Waals surface area contributed by atoms with E-state index < -0.39 is 0 Å². The van der Waals surface area contributed by atoms with Crippen LogP contribution in [0.1, 0.15) is 5.56 Å². The molecule has 18 heavy (non-hydrogen) atoms. The van der Waals surface area contributed by atoms with Crippen LogP contribution in [-0.4, -0.2) is 4.98 Å². The van der Waals surface area contributed by atoms with E-state index in [9.17, 15) is 0 Å². The molecule has 1 aromatic heterocycles. The molecular formula is C14H10ClNO2. The molecule has 2 aromatic carbocycles. The fourth-order valence-corrected chi connectivity index (χ4v) is 1.83. The molecule has 0 aliphatic rings. The lowest BCUT2D eigenvalue weighted by Crippen LogP contribution is -1.94. The van der Waals surface area contributed by atoms with Gasteiger partial charge in [-0.1, -0.05) is 41.9 Å². The zero-order valence-electron chi connectivity index (χ0n) is 9.47. The van der Waals surface area contributed by atoms with E-state index in [1.807, 2.05) is 30.3 Å². The molecule has 0 atom stereocenters. The minimum atomic E-state index is 0.260. The number of benzene rings is 2. The van der Waals surface area contributed by atoms with Crippen molar-refractivity contribution in [1.82, 2.24) is 4.98 Å². The predicted molar refractivity (Wildman–Crippen MR) is 69.8 cm³/mol. The van der Waals surface area contributed by atoms with Crippen LogP contribution in [0, 0.1) is 0 Å². The summed E-state index contributed by atoms with van der Waals surface area (Å²) in [5, 5.41) is 0.630. The lowest BCUT2D eigenvalue weighted by atomic mass is 10.2. The Kier molecular flexibility index (Phi) is 2.90. The Hall–Kier alpha value is -2.00. The zero-order chi connectivity index (χ0) is 12.4. The molecule has 3 rings (SSSR count). The van der Waals surface area contributed by atoms with Crippen LogP contribution in [0.3, 0.4) is 0 Å². The molecule has 3 nitrogen and oxygen atoms in total. The van der Waals surface area contributed by atoms with Crippen LogP contribution < -0.4 is 4.74 Å². The van der Waals surface area contributed by atoms with Crippen molar-refractivity contribution in [2.45, 2.75) is 6.61 Å². The number of hydrogen-bond donors (Lipinski definition) is 0. The van der Waals surface area contributed by atoms with Gasteiger partial charge in [-0.25, -0.2) is 0 Å². The smallest absolute Gasteiger partial charge is 0.394 e. The molecule has 0 spiro atoms. The predicted octanol–water partition coefficient (Wildman–Crippen LogP) is 4.06. The Balaban J connectivity index is 1.79. The topological polar surface area (TPSA) is 35.3 Å². The highest BCUT2D eigenvalue weighted by atomic mass is 35.5. The van der Waals surface area contributed by atoms with E-state index >= 15 is 0 Å². The maximum absolute atomic E-state index is 5.88. The van der Waals surface area contributed by atoms with E-state index in [-0.39, 0.29) is 6.08 Å². The third kappa shape index (κ3) is 2.31. The fraction of sp³-hybridized carbons (Fsp3) is 0.0714. The van der Waals surface area contributed by atoms with Crippen LogP contribution in [0.15, 0.2) is 52.9 Å². The van der Waals surface area contributed by atoms with Crippen molar-refractivity contribution in [2.24, 2.45) is 0 Å². The molecule has 0 fully saturated rings. The van der Waals surface area contributed by atoms with Gasteiger partial charge >= 0.3 is 6.08 Å². The summed E-state index contributed by atoms with van der Waals surface area (Å²) in [4.78, 5) is 4.22. The Bertz CT molecular complexity index is 664. The van der Waals surface area contributed by atoms with Gasteiger partial charge in [0.15, 0.2) is 5.58 Å². The average molecular weight is 260 g/mol. The molecule has 4 heteroatoms. The first-order valence-electron chi connectivity index (χ1n) is 5.54. The first kappa shape index (κ1) is 11.1. The molecule has 0 unspecified atom stereocenters. The van der Waals surface area contributed by atoms with Crippen molar-refractivity contribution in [3.63, 3.8) is 0 Å². The lowest BCUT2D eigenvalue weighted by molar-refractivity contribution is 0.226. The normalized spacial score (nSPS) is 10.7. The van der Waals surface area contributed by atoms with E-state index in [0.717, 1.165) is 5.56 Å². The van der Waals surface area contributed by atoms with Crippen molar-refractivity contribution in [3.8, 4) is 6.08 Å². The van der Waals surface area contributed by atoms with Crippen molar-refractivity contribution in [3.05, 3.63) is 59.1 Å². The molecule has 0 bridgehead atoms. The number of nitrogens with zero attached hydrogens (tertiary/aromatic N) is 1. The molecule has 0 aliphatic carbocycles. The fourth-order valence-electron chi connectivity index (χ4n) is 1.66. The number of oxazole rings is 1. The quantitative estimate of drug-likeness (QED) is 0.711. The van der Waals surface area contributed by atoms with Gasteiger partial charge in [0.25, 0.3) is 0 Å². The van der Waals surface area contributed by atoms with Gasteiger partial charge in [-0.2, -0.15) is 4.98 Å². The van der Waals surface area contributed by atoms with E-state index in [1.165, 1.54) is 0 Å². The summed E-state index contributed by atoms with van der Waals surface area (Å²) in [5.74, 6) is 0. The summed E-state index contributed by atoms with van der Waals surface area (Å²) in [5.41, 5.74) is 2.44. The third-order valence-corrected chi connectivity index (χ3v) is 2.77. The first-order chi connectivity index (χ1) is 8.81. The van der Waals surface area contributed by atoms with Crippen LogP contribution in [0.2, 0.25) is 5.02 Å². The number of halogens is 1. The van der Waals surface area contributed by atoms with E-state index in [1.54, 1.807) is 18.2 Å². The number of ether oxygens (including phenoxy) is 1. The molecular weight excluding hydrogens is 250 g/mol. The highest BCUT2D eigenvalue weighted by Gasteiger charge is 2.07. The highest BCUT2D eigenvalue weighted by molar-refractivity contribution is 6.31. The Morgan fingerprint density at radius 2 is 1.94 bits per heavy atom. The standard InChI is InChI=1S/C14H10ClNO2/c15-11-6-7-13-12(8-11)16-14(18-13)17-9-10-4-2-1-3-5-10/h1-8H,9H2. The zero-order valence-corrected chi connectivity index (χ0v) is 10.2. The molecule has 0 aliphatic heterocycles. The lowest BCUT2D eigenvalue weighted by Gasteiger charge is -2.00. The van der Waals surface area contributed by atoms with Crippen LogP contribution in [0.4, 0.5) is 0 Å². The summed E-state index contributed by atoms with van der Waals surface area (Å²) < 4.78 is 10.9. The summed E-state index contributed by atoms with van der Waals surface area (Å²) >= 11 is 5.88. The number of hydrogen-bond acceptors (Lipinski definition) is 3. The molecule has 0 radical (unpaired) electrons. The number of rotatable bonds is 3. The van der Waals surface area contributed by atoms with Gasteiger partial charge in [-0.15, -0.1) is 0 Å². The van der Waals surface area contributed by atoms with Gasteiger partial charge in [0.2, 0.25) is 0 Å². The summed E-state index contributed by atoms with van der Waals surface area (Å²) in [6.07, 6.45) is 0.260. The second-order valence-electron chi connectivity index (χ2n) is 3.87. The van der Waals surface area contributed by atoms with E-state index in [2.05, 4.69) is 4.98 Å². The van der Waals surface area contributed by atoms with Gasteiger partial charge in [-0.3, -0.25) is 0 Å². The second-order valence-corrected chi connectivity index (χ2v) is 4.30. The number of fused-ring (bicyclic) bond motifs is 1. The summed E-state index contributed by atoms with van der Waals surface area (Å²) in [6.45, 7) is 0.432. The maximum Gasteiger partial charge on any atom is 0.394 e. The monoisotopic (exact) mass is 259 g/mol. The van der Waals surface area contributed by atoms with Crippen molar-refractivity contribution >= 4 is 22.7 Å². The molecule has 3 aromatic rings. The Labute approximate surface area is 109 Å². The SMILES string of the molecule is Clc1ccc2oc(OCc3ccccc3)nc2c1. The minimum absolute atomic E-state index is 0.260. The maximum atomic E-state index is 5.88. The van der Waals surface area contributed by atoms with Crippen LogP contribution >= 0.6 is 11.6 Å². The van der Waals surface area contributed by atoms with Gasteiger partial charge in [-0.05, 0) is 23.8 Å². The third-order valence-electron chi connectivity index (χ3n) is 2.54. The second kappa shape index (κ2) is 4.70. The average Bonchev–Trinajstić information content (AvgIpc) is 2.79. The van der Waals surface area contributed by atoms with Crippen LogP contribution in [0.5, 0.6) is 6.08 Å². The number of aromatic nitrogens is 1. The van der Waals surface area contributed by atoms with Crippen LogP contribution in [-0.2, 0) is 6.61 Å². The van der Waals surface area contributed by atoms with Crippen molar-refractivity contribution in [1.29, 1.82) is 0 Å². The summed E-state index contributed by atoms with van der Waals surface area (Å²) in [6, 6.07) is 15.1. The van der Waals surface area contributed by atoms with Crippen LogP contribution in [0.25, 0.3) is 11.1 Å². The van der Waals surface area contributed by atoms with Crippen molar-refractivity contribution < 1.29 is 9.15 Å². The molecule has 0 saturated carbocycles. The summed E-state index contributed by atoms with van der Waals surface area (Å²) in [7, 11) is 0. The molecule has 90 valence electrons. The largest absolute Gasteiger partial charge is 0.445 e. The Morgan fingerprint density at radius 3 is 2.78 bits per heavy atom. The molecule has 0 amide bonds. The van der Waals surface area contributed by atoms with Gasteiger partial charge in [0.1, 0.15) is 12.1 Å². The molecule has 0 saturated heterocycles. The first-order valence-corrected chi connectivity index (χ1v) is 5.92. The van der Waals surface area contributed by atoms with Gasteiger partial charge in [0, 0.05) is 5.02 Å². The molecule has 1 heterocycles. The van der Waals surface area contributed by atoms with Gasteiger partial charge in [0.05, 0.1) is 0 Å². The highest BCUT2D eigenvalue weighted by Crippen LogP contribution is 2.23.